The van der Waals surface area contributed by atoms with Crippen molar-refractivity contribution in [2.75, 3.05) is 33.7 Å². The molecule has 1 saturated heterocycles. The van der Waals surface area contributed by atoms with E-state index in [0.29, 0.717) is 6.04 Å². The third-order valence-corrected chi connectivity index (χ3v) is 5.30. The molecule has 3 nitrogen and oxygen atoms in total. The van der Waals surface area contributed by atoms with Gasteiger partial charge in [-0.25, -0.2) is 0 Å². The highest BCUT2D eigenvalue weighted by Crippen LogP contribution is 2.21. The maximum Gasteiger partial charge on any atom is 0.0329 e. The standard InChI is InChI=1S/C17H31N3S/c1-6-16-11-19(7-8-20(16)14(2)3)12-17-9-15(13-21-17)10-18(4)5/h9,13-14,16H,6-8,10-12H2,1-5H3. The van der Waals surface area contributed by atoms with Gasteiger partial charge in [0, 0.05) is 49.7 Å². The Morgan fingerprint density at radius 2 is 2.10 bits per heavy atom. The lowest BCUT2D eigenvalue weighted by Crippen LogP contribution is -2.54. The molecule has 1 unspecified atom stereocenters. The van der Waals surface area contributed by atoms with Gasteiger partial charge in [-0.05, 0) is 51.4 Å². The zero-order valence-electron chi connectivity index (χ0n) is 14.3. The molecule has 0 spiro atoms. The van der Waals surface area contributed by atoms with Gasteiger partial charge < -0.3 is 4.90 Å². The molecule has 1 aliphatic heterocycles. The van der Waals surface area contributed by atoms with Crippen molar-refractivity contribution in [1.82, 2.24) is 14.7 Å². The van der Waals surface area contributed by atoms with Crippen molar-refractivity contribution in [3.63, 3.8) is 0 Å². The van der Waals surface area contributed by atoms with Gasteiger partial charge in [-0.1, -0.05) is 6.92 Å². The number of nitrogens with zero attached hydrogens (tertiary/aromatic N) is 3. The fourth-order valence-corrected chi connectivity index (χ4v) is 4.22. The number of thiophene rings is 1. The van der Waals surface area contributed by atoms with Gasteiger partial charge in [0.1, 0.15) is 0 Å². The van der Waals surface area contributed by atoms with Crippen LogP contribution in [0.4, 0.5) is 0 Å². The minimum atomic E-state index is 0.672. The van der Waals surface area contributed by atoms with Gasteiger partial charge in [-0.15, -0.1) is 11.3 Å². The monoisotopic (exact) mass is 309 g/mol. The first-order valence-corrected chi connectivity index (χ1v) is 9.06. The Kier molecular flexibility index (Phi) is 6.23. The van der Waals surface area contributed by atoms with E-state index in [1.807, 2.05) is 11.3 Å². The van der Waals surface area contributed by atoms with Crippen molar-refractivity contribution in [2.24, 2.45) is 0 Å². The summed E-state index contributed by atoms with van der Waals surface area (Å²) in [6.45, 7) is 12.8. The fraction of sp³-hybridized carbons (Fsp3) is 0.765. The van der Waals surface area contributed by atoms with Crippen molar-refractivity contribution in [3.05, 3.63) is 21.9 Å². The van der Waals surface area contributed by atoms with Crippen LogP contribution in [0, 0.1) is 0 Å². The molecule has 0 aromatic carbocycles. The minimum absolute atomic E-state index is 0.672. The van der Waals surface area contributed by atoms with E-state index in [9.17, 15) is 0 Å². The Labute approximate surface area is 134 Å². The van der Waals surface area contributed by atoms with Gasteiger partial charge in [-0.2, -0.15) is 0 Å². The van der Waals surface area contributed by atoms with Gasteiger partial charge in [0.2, 0.25) is 0 Å². The van der Waals surface area contributed by atoms with E-state index in [1.54, 1.807) is 0 Å². The summed E-state index contributed by atoms with van der Waals surface area (Å²) in [5.74, 6) is 0. The topological polar surface area (TPSA) is 9.72 Å². The maximum atomic E-state index is 2.67. The highest BCUT2D eigenvalue weighted by Gasteiger charge is 2.27. The molecular weight excluding hydrogens is 278 g/mol. The molecule has 1 fully saturated rings. The molecular formula is C17H31N3S. The number of piperazine rings is 1. The number of hydrogen-bond acceptors (Lipinski definition) is 4. The van der Waals surface area contributed by atoms with Crippen LogP contribution in [-0.4, -0.2) is 60.5 Å². The van der Waals surface area contributed by atoms with Crippen LogP contribution in [0.25, 0.3) is 0 Å². The maximum absolute atomic E-state index is 2.67. The molecule has 2 heterocycles. The third kappa shape index (κ3) is 4.78. The van der Waals surface area contributed by atoms with E-state index >= 15 is 0 Å². The van der Waals surface area contributed by atoms with E-state index in [-0.39, 0.29) is 0 Å². The molecule has 0 saturated carbocycles. The minimum Gasteiger partial charge on any atom is -0.305 e. The average molecular weight is 310 g/mol. The summed E-state index contributed by atoms with van der Waals surface area (Å²) in [7, 11) is 4.27. The van der Waals surface area contributed by atoms with Crippen molar-refractivity contribution in [2.45, 2.75) is 52.4 Å². The van der Waals surface area contributed by atoms with Crippen LogP contribution in [0.3, 0.4) is 0 Å². The van der Waals surface area contributed by atoms with Gasteiger partial charge in [0.15, 0.2) is 0 Å². The quantitative estimate of drug-likeness (QED) is 0.799. The van der Waals surface area contributed by atoms with E-state index in [2.05, 4.69) is 61.0 Å². The Balaban J connectivity index is 1.90. The van der Waals surface area contributed by atoms with E-state index in [4.69, 9.17) is 0 Å². The normalized spacial score (nSPS) is 21.6. The molecule has 2 rings (SSSR count). The third-order valence-electron chi connectivity index (χ3n) is 4.33. The van der Waals surface area contributed by atoms with Crippen LogP contribution in [0.5, 0.6) is 0 Å². The van der Waals surface area contributed by atoms with Crippen LogP contribution in [0.15, 0.2) is 11.4 Å². The Hall–Kier alpha value is -0.420. The Bertz CT molecular complexity index is 427. The fourth-order valence-electron chi connectivity index (χ4n) is 3.30. The highest BCUT2D eigenvalue weighted by molar-refractivity contribution is 7.10. The lowest BCUT2D eigenvalue weighted by atomic mass is 10.1. The Morgan fingerprint density at radius 1 is 1.33 bits per heavy atom. The summed E-state index contributed by atoms with van der Waals surface area (Å²) in [6.07, 6.45) is 1.25. The predicted molar refractivity (Wildman–Crippen MR) is 92.9 cm³/mol. The lowest BCUT2D eigenvalue weighted by molar-refractivity contribution is 0.0461. The van der Waals surface area contributed by atoms with Gasteiger partial charge in [-0.3, -0.25) is 9.80 Å². The molecule has 1 aliphatic rings. The van der Waals surface area contributed by atoms with Crippen LogP contribution in [0.2, 0.25) is 0 Å². The van der Waals surface area contributed by atoms with Crippen molar-refractivity contribution in [1.29, 1.82) is 0 Å². The molecule has 1 atom stereocenters. The van der Waals surface area contributed by atoms with Crippen molar-refractivity contribution < 1.29 is 0 Å². The second-order valence-electron chi connectivity index (χ2n) is 6.79. The Morgan fingerprint density at radius 3 is 2.71 bits per heavy atom. The summed E-state index contributed by atoms with van der Waals surface area (Å²) in [6, 6.07) is 3.78. The van der Waals surface area contributed by atoms with Gasteiger partial charge in [0.25, 0.3) is 0 Å². The van der Waals surface area contributed by atoms with E-state index < -0.39 is 0 Å². The van der Waals surface area contributed by atoms with Crippen molar-refractivity contribution >= 4 is 11.3 Å². The second-order valence-corrected chi connectivity index (χ2v) is 7.78. The number of rotatable bonds is 6. The smallest absolute Gasteiger partial charge is 0.0329 e. The molecule has 120 valence electrons. The summed E-state index contributed by atoms with van der Waals surface area (Å²) in [5.41, 5.74) is 1.45. The zero-order valence-corrected chi connectivity index (χ0v) is 15.1. The molecule has 0 aliphatic carbocycles. The van der Waals surface area contributed by atoms with Crippen LogP contribution >= 0.6 is 11.3 Å². The highest BCUT2D eigenvalue weighted by atomic mass is 32.1. The molecule has 1 aromatic heterocycles. The zero-order chi connectivity index (χ0) is 15.4. The van der Waals surface area contributed by atoms with Gasteiger partial charge in [0.05, 0.1) is 0 Å². The van der Waals surface area contributed by atoms with E-state index in [0.717, 1.165) is 19.1 Å². The molecule has 21 heavy (non-hydrogen) atoms. The first kappa shape index (κ1) is 16.9. The largest absolute Gasteiger partial charge is 0.305 e. The molecule has 4 heteroatoms. The summed E-state index contributed by atoms with van der Waals surface area (Å²) >= 11 is 1.92. The molecule has 0 N–H and O–H groups in total. The summed E-state index contributed by atoms with van der Waals surface area (Å²) in [5, 5.41) is 2.32. The molecule has 0 amide bonds. The molecule has 0 radical (unpaired) electrons. The number of hydrogen-bond donors (Lipinski definition) is 0. The van der Waals surface area contributed by atoms with Crippen molar-refractivity contribution in [3.8, 4) is 0 Å². The van der Waals surface area contributed by atoms with Crippen LogP contribution in [-0.2, 0) is 13.1 Å². The van der Waals surface area contributed by atoms with E-state index in [1.165, 1.54) is 36.5 Å². The van der Waals surface area contributed by atoms with Crippen LogP contribution in [0.1, 0.15) is 37.6 Å². The molecule has 1 aromatic rings. The first-order valence-electron chi connectivity index (χ1n) is 8.18. The summed E-state index contributed by atoms with van der Waals surface area (Å²) in [4.78, 5) is 9.06. The first-order chi connectivity index (χ1) is 9.99. The lowest BCUT2D eigenvalue weighted by Gasteiger charge is -2.43. The predicted octanol–water partition coefficient (Wildman–Crippen LogP) is 3.11. The molecule has 0 bridgehead atoms. The SMILES string of the molecule is CCC1CN(Cc2cc(CN(C)C)cs2)CCN1C(C)C. The second kappa shape index (κ2) is 7.73. The average Bonchev–Trinajstić information content (AvgIpc) is 2.84. The summed E-state index contributed by atoms with van der Waals surface area (Å²) < 4.78 is 0. The van der Waals surface area contributed by atoms with Crippen LogP contribution < -0.4 is 0 Å². The van der Waals surface area contributed by atoms with Gasteiger partial charge >= 0.3 is 0 Å².